The minimum atomic E-state index is -4.32. The van der Waals surface area contributed by atoms with Crippen molar-refractivity contribution < 1.29 is 32.9 Å². The molecule has 1 amide bonds. The molecule has 0 radical (unpaired) electrons. The minimum absolute atomic E-state index is 0.0709. The van der Waals surface area contributed by atoms with Gasteiger partial charge in [-0.2, -0.15) is 0 Å². The lowest BCUT2D eigenvalue weighted by Gasteiger charge is -2.26. The number of likely N-dealkylation sites (N-methyl/N-ethyl adjacent to an activating group) is 1. The summed E-state index contributed by atoms with van der Waals surface area (Å²) in [5.41, 5.74) is 0. The summed E-state index contributed by atoms with van der Waals surface area (Å²) in [5.74, 6) is -0.153. The number of phosphoric ester groups is 1. The Labute approximate surface area is 389 Å². The van der Waals surface area contributed by atoms with E-state index in [-0.39, 0.29) is 19.1 Å². The Morgan fingerprint density at radius 3 is 1.40 bits per heavy atom. The highest BCUT2D eigenvalue weighted by atomic mass is 31.2. The summed E-state index contributed by atoms with van der Waals surface area (Å²) >= 11 is 0. The van der Waals surface area contributed by atoms with Gasteiger partial charge in [0.25, 0.3) is 0 Å². The van der Waals surface area contributed by atoms with Crippen LogP contribution in [0.3, 0.4) is 0 Å². The van der Waals surface area contributed by atoms with E-state index in [1.54, 1.807) is 0 Å². The van der Waals surface area contributed by atoms with E-state index in [0.29, 0.717) is 23.9 Å². The van der Waals surface area contributed by atoms with Crippen LogP contribution in [0.1, 0.15) is 213 Å². The Morgan fingerprint density at radius 2 is 0.952 bits per heavy atom. The number of aliphatic hydroxyl groups is 1. The number of aliphatic hydroxyl groups excluding tert-OH is 1. The molecule has 0 aliphatic carbocycles. The zero-order chi connectivity index (χ0) is 46.4. The molecule has 0 bridgehead atoms. The second kappa shape index (κ2) is 45.1. The van der Waals surface area contributed by atoms with Crippen LogP contribution in [0.25, 0.3) is 0 Å². The summed E-state index contributed by atoms with van der Waals surface area (Å²) in [6.45, 7) is 4.76. The number of nitrogens with zero attached hydrogens (tertiary/aromatic N) is 1. The third-order valence-corrected chi connectivity index (χ3v) is 12.2. The van der Waals surface area contributed by atoms with Crippen LogP contribution in [0, 0.1) is 0 Å². The highest BCUT2D eigenvalue weighted by Crippen LogP contribution is 2.43. The van der Waals surface area contributed by atoms with Gasteiger partial charge in [0.15, 0.2) is 0 Å². The monoisotopic (exact) mass is 904 g/mol. The molecule has 0 aromatic rings. The van der Waals surface area contributed by atoms with Gasteiger partial charge in [-0.15, -0.1) is 0 Å². The zero-order valence-corrected chi connectivity index (χ0v) is 42.4. The average molecular weight is 904 g/mol. The first-order valence-corrected chi connectivity index (χ1v) is 27.3. The second-order valence-corrected chi connectivity index (χ2v) is 20.0. The van der Waals surface area contributed by atoms with Crippen molar-refractivity contribution in [1.29, 1.82) is 0 Å². The van der Waals surface area contributed by atoms with E-state index in [4.69, 9.17) is 9.05 Å². The molecule has 0 spiro atoms. The van der Waals surface area contributed by atoms with Crippen LogP contribution in [-0.4, -0.2) is 73.4 Å². The van der Waals surface area contributed by atoms with Crippen molar-refractivity contribution in [3.05, 3.63) is 72.9 Å². The van der Waals surface area contributed by atoms with E-state index in [1.165, 1.54) is 103 Å². The number of nitrogens with one attached hydrogen (secondary N) is 1. The van der Waals surface area contributed by atoms with E-state index in [2.05, 4.69) is 92.1 Å². The number of carbonyl (C=O) groups is 1. The third kappa shape index (κ3) is 47.7. The van der Waals surface area contributed by atoms with Crippen molar-refractivity contribution >= 4 is 13.7 Å². The first-order valence-electron chi connectivity index (χ1n) is 25.8. The molecule has 0 aromatic heterocycles. The molecule has 0 rings (SSSR count). The van der Waals surface area contributed by atoms with E-state index in [0.717, 1.165) is 83.5 Å². The number of hydrogen-bond donors (Lipinski definition) is 3. The van der Waals surface area contributed by atoms with Crippen molar-refractivity contribution in [2.24, 2.45) is 0 Å². The Morgan fingerprint density at radius 1 is 0.556 bits per heavy atom. The number of carbonyl (C=O) groups excluding carboxylic acids is 1. The standard InChI is InChI=1S/C54H99N2O6P/c1-6-8-10-12-14-16-18-20-21-22-23-24-25-26-27-28-29-30-31-32-33-34-35-36-38-40-42-44-46-48-54(58)55-52(51-62-63(59,60)61-50-49-56(3,4)5)53(57)47-45-43-41-39-37-19-17-15-13-11-9-7-2/h8,10,14,16,20-21,23-24,26-27,29-30,52-53,57H,6-7,9,11-13,15,17-19,22,25,28,31-51H2,1-5H3,(H-,55,58,59,60)/p+1/b10-8-,16-14-,21-20-,24-23-,27-26-,30-29-. The molecule has 366 valence electrons. The maximum absolute atomic E-state index is 12.9. The predicted octanol–water partition coefficient (Wildman–Crippen LogP) is 15.1. The molecule has 8 nitrogen and oxygen atoms in total. The Kier molecular flexibility index (Phi) is 43.6. The van der Waals surface area contributed by atoms with Crippen LogP contribution >= 0.6 is 7.82 Å². The third-order valence-electron chi connectivity index (χ3n) is 11.2. The van der Waals surface area contributed by atoms with E-state index in [1.807, 2.05) is 21.1 Å². The van der Waals surface area contributed by atoms with Crippen molar-refractivity contribution in [1.82, 2.24) is 5.32 Å². The first kappa shape index (κ1) is 60.9. The zero-order valence-electron chi connectivity index (χ0n) is 41.5. The van der Waals surface area contributed by atoms with Gasteiger partial charge in [0, 0.05) is 6.42 Å². The lowest BCUT2D eigenvalue weighted by molar-refractivity contribution is -0.870. The normalized spacial score (nSPS) is 14.7. The molecule has 3 atom stereocenters. The molecule has 0 heterocycles. The van der Waals surface area contributed by atoms with Gasteiger partial charge in [-0.05, 0) is 64.2 Å². The number of unbranched alkanes of at least 4 members (excludes halogenated alkanes) is 21. The maximum atomic E-state index is 12.9. The van der Waals surface area contributed by atoms with Crippen LogP contribution < -0.4 is 5.32 Å². The quantitative estimate of drug-likeness (QED) is 0.0243. The number of amides is 1. The molecule has 3 unspecified atom stereocenters. The smallest absolute Gasteiger partial charge is 0.391 e. The number of rotatable bonds is 46. The fraction of sp³-hybridized carbons (Fsp3) is 0.759. The summed E-state index contributed by atoms with van der Waals surface area (Å²) in [6.07, 6.45) is 60.8. The van der Waals surface area contributed by atoms with Gasteiger partial charge in [0.2, 0.25) is 5.91 Å². The highest BCUT2D eigenvalue weighted by molar-refractivity contribution is 7.47. The minimum Gasteiger partial charge on any atom is -0.391 e. The molecule has 0 saturated heterocycles. The van der Waals surface area contributed by atoms with E-state index in [9.17, 15) is 19.4 Å². The van der Waals surface area contributed by atoms with Gasteiger partial charge in [-0.25, -0.2) is 4.57 Å². The van der Waals surface area contributed by atoms with Crippen LogP contribution in [0.15, 0.2) is 72.9 Å². The molecule has 3 N–H and O–H groups in total. The molecule has 0 aliphatic heterocycles. The maximum Gasteiger partial charge on any atom is 0.472 e. The highest BCUT2D eigenvalue weighted by Gasteiger charge is 2.28. The van der Waals surface area contributed by atoms with E-state index >= 15 is 0 Å². The van der Waals surface area contributed by atoms with Crippen LogP contribution in [0.2, 0.25) is 0 Å². The van der Waals surface area contributed by atoms with Gasteiger partial charge in [0.05, 0.1) is 39.9 Å². The lowest BCUT2D eigenvalue weighted by Crippen LogP contribution is -2.46. The van der Waals surface area contributed by atoms with Gasteiger partial charge >= 0.3 is 7.82 Å². The largest absolute Gasteiger partial charge is 0.472 e. The van der Waals surface area contributed by atoms with Crippen molar-refractivity contribution in [3.63, 3.8) is 0 Å². The summed E-state index contributed by atoms with van der Waals surface area (Å²) < 4.78 is 23.7. The van der Waals surface area contributed by atoms with Crippen molar-refractivity contribution in [2.45, 2.75) is 225 Å². The summed E-state index contributed by atoms with van der Waals surface area (Å²) in [7, 11) is 1.60. The molecular formula is C54H100N2O6P+. The second-order valence-electron chi connectivity index (χ2n) is 18.5. The Hall–Kier alpha value is -2.06. The number of quaternary nitrogens is 1. The summed E-state index contributed by atoms with van der Waals surface area (Å²) in [6, 6.07) is -0.765. The van der Waals surface area contributed by atoms with Crippen LogP contribution in [0.5, 0.6) is 0 Å². The SMILES string of the molecule is CC/C=C\C/C=C\C/C=C\C/C=C\C/C=C\C/C=C\CCCCCCCCCCCCC(=O)NC(COP(=O)(O)OCC[N+](C)(C)C)C(O)CCCCCCCCCCCCCC. The van der Waals surface area contributed by atoms with Crippen LogP contribution in [-0.2, 0) is 18.4 Å². The Balaban J connectivity index is 4.16. The predicted molar refractivity (Wildman–Crippen MR) is 272 cm³/mol. The molecule has 63 heavy (non-hydrogen) atoms. The van der Waals surface area contributed by atoms with Crippen molar-refractivity contribution in [2.75, 3.05) is 40.9 Å². The fourth-order valence-corrected chi connectivity index (χ4v) is 7.90. The molecule has 9 heteroatoms. The van der Waals surface area contributed by atoms with Gasteiger partial charge in [-0.1, -0.05) is 215 Å². The van der Waals surface area contributed by atoms with Crippen molar-refractivity contribution in [3.8, 4) is 0 Å². The van der Waals surface area contributed by atoms with Gasteiger partial charge in [-0.3, -0.25) is 13.8 Å². The van der Waals surface area contributed by atoms with Crippen LogP contribution in [0.4, 0.5) is 0 Å². The lowest BCUT2D eigenvalue weighted by atomic mass is 10.0. The number of hydrogen-bond acceptors (Lipinski definition) is 5. The molecule has 0 fully saturated rings. The number of allylic oxidation sites excluding steroid dienone is 12. The van der Waals surface area contributed by atoms with Gasteiger partial charge in [0.1, 0.15) is 13.2 Å². The Bertz CT molecular complexity index is 1250. The van der Waals surface area contributed by atoms with E-state index < -0.39 is 20.0 Å². The molecule has 0 saturated carbocycles. The summed E-state index contributed by atoms with van der Waals surface area (Å²) in [5, 5.41) is 14.0. The number of phosphoric acid groups is 1. The molecule has 0 aliphatic rings. The van der Waals surface area contributed by atoms with Gasteiger partial charge < -0.3 is 19.8 Å². The summed E-state index contributed by atoms with van der Waals surface area (Å²) in [4.78, 5) is 23.2. The first-order chi connectivity index (χ1) is 30.5. The fourth-order valence-electron chi connectivity index (χ4n) is 7.17. The molecule has 0 aromatic carbocycles. The topological polar surface area (TPSA) is 105 Å². The average Bonchev–Trinajstić information content (AvgIpc) is 3.24. The molecular weight excluding hydrogens is 804 g/mol.